The molecule has 1 unspecified atom stereocenters. The van der Waals surface area contributed by atoms with Gasteiger partial charge in [0, 0.05) is 18.6 Å². The Morgan fingerprint density at radius 2 is 2.04 bits per heavy atom. The Hall–Kier alpha value is -2.75. The number of nitrogens with one attached hydrogen (secondary N) is 3. The minimum absolute atomic E-state index is 0.0118. The monoisotopic (exact) mass is 401 g/mol. The minimum atomic E-state index is -4.59. The third-order valence-corrected chi connectivity index (χ3v) is 4.32. The van der Waals surface area contributed by atoms with E-state index in [0.717, 1.165) is 6.07 Å². The smallest absolute Gasteiger partial charge is 0.342 e. The number of aromatic nitrogens is 2. The average Bonchev–Trinajstić information content (AvgIpc) is 3.19. The van der Waals surface area contributed by atoms with Gasteiger partial charge in [0.2, 0.25) is 5.91 Å². The van der Waals surface area contributed by atoms with Crippen LogP contribution in [0.3, 0.4) is 0 Å². The Morgan fingerprint density at radius 1 is 1.37 bits per heavy atom. The zero-order chi connectivity index (χ0) is 19.8. The lowest BCUT2D eigenvalue weighted by Gasteiger charge is -2.19. The third-order valence-electron chi connectivity index (χ3n) is 4.06. The van der Waals surface area contributed by atoms with Crippen molar-refractivity contribution in [2.75, 3.05) is 6.54 Å². The average molecular weight is 402 g/mol. The van der Waals surface area contributed by atoms with Gasteiger partial charge in [0.15, 0.2) is 0 Å². The van der Waals surface area contributed by atoms with Crippen molar-refractivity contribution in [1.82, 2.24) is 25.7 Å². The highest BCUT2D eigenvalue weighted by Gasteiger charge is 2.37. The van der Waals surface area contributed by atoms with Crippen molar-refractivity contribution in [3.05, 3.63) is 52.3 Å². The van der Waals surface area contributed by atoms with Gasteiger partial charge in [0.25, 0.3) is 0 Å². The Labute approximate surface area is 156 Å². The molecule has 144 valence electrons. The Balaban J connectivity index is 1.94. The van der Waals surface area contributed by atoms with Gasteiger partial charge in [-0.3, -0.25) is 9.48 Å². The van der Waals surface area contributed by atoms with Crippen LogP contribution in [0.1, 0.15) is 23.0 Å². The van der Waals surface area contributed by atoms with E-state index in [1.54, 1.807) is 24.3 Å². The van der Waals surface area contributed by atoms with Gasteiger partial charge in [-0.1, -0.05) is 23.7 Å². The van der Waals surface area contributed by atoms with E-state index in [4.69, 9.17) is 11.6 Å². The summed E-state index contributed by atoms with van der Waals surface area (Å²) >= 11 is 5.87. The Bertz CT molecular complexity index is 866. The van der Waals surface area contributed by atoms with Gasteiger partial charge in [-0.2, -0.15) is 18.3 Å². The van der Waals surface area contributed by atoms with Crippen LogP contribution in [-0.2, 0) is 18.0 Å². The van der Waals surface area contributed by atoms with E-state index >= 15 is 0 Å². The zero-order valence-electron chi connectivity index (χ0n) is 14.0. The first-order chi connectivity index (χ1) is 12.6. The lowest BCUT2D eigenvalue weighted by atomic mass is 10.0. The number of hydrogen-bond donors (Lipinski definition) is 3. The first-order valence-electron chi connectivity index (χ1n) is 7.86. The molecule has 0 spiro atoms. The van der Waals surface area contributed by atoms with Crippen LogP contribution < -0.4 is 16.0 Å². The summed E-state index contributed by atoms with van der Waals surface area (Å²) in [5.74, 6) is -0.549. The van der Waals surface area contributed by atoms with Crippen molar-refractivity contribution in [2.45, 2.75) is 18.3 Å². The highest BCUT2D eigenvalue weighted by molar-refractivity contribution is 6.30. The second kappa shape index (κ2) is 7.10. The lowest BCUT2D eigenvalue weighted by molar-refractivity contribution is -0.143. The fourth-order valence-corrected chi connectivity index (χ4v) is 2.86. The standard InChI is InChI=1S/C16H15ClF3N5O2/c1-25-12(16(18,19)20)6-10(24-25)13(8-2-4-9(17)5-3-8)23-14(26)11-7-21-15(27)22-11/h2-6,11,13H,7H2,1H3,(H,23,26)(H2,21,22,27)/t11?,13-/m1/s1. The largest absolute Gasteiger partial charge is 0.433 e. The molecular weight excluding hydrogens is 387 g/mol. The number of amides is 3. The predicted octanol–water partition coefficient (Wildman–Crippen LogP) is 1.98. The molecule has 27 heavy (non-hydrogen) atoms. The predicted molar refractivity (Wildman–Crippen MR) is 90.0 cm³/mol. The summed E-state index contributed by atoms with van der Waals surface area (Å²) in [7, 11) is 1.17. The van der Waals surface area contributed by atoms with E-state index in [1.807, 2.05) is 0 Å². The van der Waals surface area contributed by atoms with Gasteiger partial charge in [0.05, 0.1) is 11.7 Å². The number of nitrogens with zero attached hydrogens (tertiary/aromatic N) is 2. The van der Waals surface area contributed by atoms with Crippen LogP contribution in [0.15, 0.2) is 30.3 Å². The highest BCUT2D eigenvalue weighted by Crippen LogP contribution is 2.32. The molecule has 11 heteroatoms. The topological polar surface area (TPSA) is 88.1 Å². The molecule has 3 N–H and O–H groups in total. The highest BCUT2D eigenvalue weighted by atomic mass is 35.5. The number of benzene rings is 1. The van der Waals surface area contributed by atoms with E-state index in [9.17, 15) is 22.8 Å². The first-order valence-corrected chi connectivity index (χ1v) is 8.24. The van der Waals surface area contributed by atoms with Crippen molar-refractivity contribution < 1.29 is 22.8 Å². The molecule has 1 aromatic carbocycles. The molecule has 1 aliphatic rings. The van der Waals surface area contributed by atoms with Crippen LogP contribution in [0.25, 0.3) is 0 Å². The second-order valence-corrected chi connectivity index (χ2v) is 6.41. The van der Waals surface area contributed by atoms with Gasteiger partial charge in [-0.15, -0.1) is 0 Å². The summed E-state index contributed by atoms with van der Waals surface area (Å²) < 4.78 is 40.0. The quantitative estimate of drug-likeness (QED) is 0.732. The number of alkyl halides is 3. The van der Waals surface area contributed by atoms with Crippen LogP contribution in [-0.4, -0.2) is 34.3 Å². The molecule has 0 saturated carbocycles. The van der Waals surface area contributed by atoms with Gasteiger partial charge < -0.3 is 16.0 Å². The number of urea groups is 1. The molecule has 2 atom stereocenters. The van der Waals surface area contributed by atoms with Gasteiger partial charge in [-0.25, -0.2) is 4.79 Å². The minimum Gasteiger partial charge on any atom is -0.342 e. The number of halogens is 4. The number of hydrogen-bond acceptors (Lipinski definition) is 3. The molecular formula is C16H15ClF3N5O2. The summed E-state index contributed by atoms with van der Waals surface area (Å²) in [5.41, 5.74) is -0.434. The number of carbonyl (C=O) groups is 2. The van der Waals surface area contributed by atoms with Crippen molar-refractivity contribution in [3.8, 4) is 0 Å². The Morgan fingerprint density at radius 3 is 2.56 bits per heavy atom. The number of carbonyl (C=O) groups excluding carboxylic acids is 2. The lowest BCUT2D eigenvalue weighted by Crippen LogP contribution is -2.44. The van der Waals surface area contributed by atoms with E-state index in [0.29, 0.717) is 15.3 Å². The molecule has 1 fully saturated rings. The zero-order valence-corrected chi connectivity index (χ0v) is 14.7. The fraction of sp³-hybridized carbons (Fsp3) is 0.312. The molecule has 0 aliphatic carbocycles. The molecule has 1 saturated heterocycles. The summed E-state index contributed by atoms with van der Waals surface area (Å²) in [6, 6.07) is 4.89. The fourth-order valence-electron chi connectivity index (χ4n) is 2.74. The molecule has 0 radical (unpaired) electrons. The summed E-state index contributed by atoms with van der Waals surface area (Å²) in [6.07, 6.45) is -4.59. The van der Waals surface area contributed by atoms with Crippen molar-refractivity contribution in [3.63, 3.8) is 0 Å². The van der Waals surface area contributed by atoms with Crippen molar-refractivity contribution in [2.24, 2.45) is 7.05 Å². The molecule has 3 rings (SSSR count). The van der Waals surface area contributed by atoms with Crippen LogP contribution in [0.4, 0.5) is 18.0 Å². The SMILES string of the molecule is Cn1nc([C@H](NC(=O)C2CNC(=O)N2)c2ccc(Cl)cc2)cc1C(F)(F)F. The van der Waals surface area contributed by atoms with Gasteiger partial charge in [0.1, 0.15) is 11.7 Å². The van der Waals surface area contributed by atoms with Crippen LogP contribution in [0, 0.1) is 0 Å². The molecule has 3 amide bonds. The van der Waals surface area contributed by atoms with Crippen LogP contribution in [0.5, 0.6) is 0 Å². The van der Waals surface area contributed by atoms with E-state index in [1.165, 1.54) is 7.05 Å². The summed E-state index contributed by atoms with van der Waals surface area (Å²) in [4.78, 5) is 23.7. The van der Waals surface area contributed by atoms with Crippen molar-refractivity contribution in [1.29, 1.82) is 0 Å². The molecule has 2 aromatic rings. The number of aryl methyl sites for hydroxylation is 1. The molecule has 7 nitrogen and oxygen atoms in total. The van der Waals surface area contributed by atoms with E-state index < -0.39 is 35.9 Å². The summed E-state index contributed by atoms with van der Waals surface area (Å²) in [5, 5.41) is 11.9. The Kier molecular flexibility index (Phi) is 5.01. The maximum atomic E-state index is 13.1. The molecule has 1 aromatic heterocycles. The van der Waals surface area contributed by atoms with Gasteiger partial charge in [-0.05, 0) is 23.8 Å². The summed E-state index contributed by atoms with van der Waals surface area (Å²) in [6.45, 7) is 0.0774. The normalized spacial score (nSPS) is 18.0. The van der Waals surface area contributed by atoms with Crippen LogP contribution >= 0.6 is 11.6 Å². The molecule has 0 bridgehead atoms. The van der Waals surface area contributed by atoms with Gasteiger partial charge >= 0.3 is 12.2 Å². The van der Waals surface area contributed by atoms with Crippen LogP contribution in [0.2, 0.25) is 5.02 Å². The van der Waals surface area contributed by atoms with E-state index in [2.05, 4.69) is 21.0 Å². The second-order valence-electron chi connectivity index (χ2n) is 5.98. The molecule has 1 aliphatic heterocycles. The third kappa shape index (κ3) is 4.16. The first kappa shape index (κ1) is 19.0. The van der Waals surface area contributed by atoms with E-state index in [-0.39, 0.29) is 12.2 Å². The number of rotatable bonds is 4. The maximum Gasteiger partial charge on any atom is 0.433 e. The van der Waals surface area contributed by atoms with Crippen molar-refractivity contribution >= 4 is 23.5 Å². The molecule has 2 heterocycles. The maximum absolute atomic E-state index is 13.1.